The van der Waals surface area contributed by atoms with Crippen molar-refractivity contribution in [2.24, 2.45) is 40.4 Å². The number of fused-ring (bicyclic) bond motifs is 6. The Labute approximate surface area is 237 Å². The Morgan fingerprint density at radius 2 is 1.84 bits per heavy atom. The fourth-order valence-electron chi connectivity index (χ4n) is 9.55. The van der Waals surface area contributed by atoms with Gasteiger partial charge < -0.3 is 14.6 Å². The number of hydrogen-bond acceptors (Lipinski definition) is 5. The van der Waals surface area contributed by atoms with Crippen molar-refractivity contribution in [3.05, 3.63) is 21.7 Å². The number of Topliss-reactive ketones (excluding diaryl/α,β-unsaturated/α-hetero) is 1. The molecular weight excluding hydrogens is 523 g/mol. The van der Waals surface area contributed by atoms with Crippen molar-refractivity contribution in [1.82, 2.24) is 0 Å². The van der Waals surface area contributed by atoms with Gasteiger partial charge in [0.1, 0.15) is 17.2 Å². The maximum Gasteiger partial charge on any atom is 0.284 e. The highest BCUT2D eigenvalue weighted by atomic mass is 35.5. The molecule has 1 heterocycles. The Morgan fingerprint density at radius 3 is 2.53 bits per heavy atom. The van der Waals surface area contributed by atoms with E-state index in [2.05, 4.69) is 34.6 Å². The second kappa shape index (κ2) is 9.98. The summed E-state index contributed by atoms with van der Waals surface area (Å²) in [5.41, 5.74) is -0.867. The van der Waals surface area contributed by atoms with Crippen molar-refractivity contribution < 1.29 is 24.2 Å². The van der Waals surface area contributed by atoms with Crippen LogP contribution >= 0.6 is 23.2 Å². The van der Waals surface area contributed by atoms with E-state index in [9.17, 15) is 14.7 Å². The smallest absolute Gasteiger partial charge is 0.284 e. The van der Waals surface area contributed by atoms with Crippen molar-refractivity contribution in [1.29, 1.82) is 0 Å². The van der Waals surface area contributed by atoms with Crippen molar-refractivity contribution in [2.45, 2.75) is 110 Å². The number of unbranched alkanes of at least 4 members (excludes halogenated alkanes) is 1. The summed E-state index contributed by atoms with van der Waals surface area (Å²) in [6, 6.07) is 0. The van der Waals surface area contributed by atoms with Gasteiger partial charge in [0.25, 0.3) is 5.97 Å². The molecule has 3 saturated carbocycles. The summed E-state index contributed by atoms with van der Waals surface area (Å²) in [6.45, 7) is 10.7. The third-order valence-electron chi connectivity index (χ3n) is 11.5. The maximum atomic E-state index is 13.9. The first-order valence-electron chi connectivity index (χ1n) is 14.8. The van der Waals surface area contributed by atoms with Crippen LogP contribution in [0.4, 0.5) is 0 Å². The summed E-state index contributed by atoms with van der Waals surface area (Å²) in [7, 11) is 0. The third-order valence-corrected chi connectivity index (χ3v) is 12.5. The van der Waals surface area contributed by atoms with Gasteiger partial charge in [-0.15, -0.1) is 0 Å². The van der Waals surface area contributed by atoms with Crippen molar-refractivity contribution in [3.8, 4) is 0 Å². The quantitative estimate of drug-likeness (QED) is 0.365. The highest BCUT2D eigenvalue weighted by molar-refractivity contribution is 6.50. The van der Waals surface area contributed by atoms with Gasteiger partial charge in [0.05, 0.1) is 5.03 Å². The van der Waals surface area contributed by atoms with Crippen LogP contribution in [0.2, 0.25) is 0 Å². The number of halogens is 2. The lowest BCUT2D eigenvalue weighted by molar-refractivity contribution is -0.441. The molecule has 0 bridgehead atoms. The fraction of sp³-hybridized carbons (Fsp3) is 0.806. The van der Waals surface area contributed by atoms with Crippen LogP contribution in [-0.2, 0) is 19.1 Å². The van der Waals surface area contributed by atoms with Gasteiger partial charge in [0.15, 0.2) is 11.6 Å². The number of aliphatic hydroxyl groups is 1. The van der Waals surface area contributed by atoms with Gasteiger partial charge >= 0.3 is 0 Å². The van der Waals surface area contributed by atoms with E-state index in [1.54, 1.807) is 6.08 Å². The molecule has 4 fully saturated rings. The largest absolute Gasteiger partial charge is 0.343 e. The molecule has 2 unspecified atom stereocenters. The summed E-state index contributed by atoms with van der Waals surface area (Å²) in [5.74, 6) is -1.39. The first kappa shape index (κ1) is 28.8. The first-order valence-corrected chi connectivity index (χ1v) is 15.6. The number of ether oxygens (including phenoxy) is 2. The summed E-state index contributed by atoms with van der Waals surface area (Å²) < 4.78 is 12.7. The van der Waals surface area contributed by atoms with Gasteiger partial charge in [-0.05, 0) is 74.7 Å². The molecule has 5 rings (SSSR count). The molecular formula is C31H44Cl2O5. The van der Waals surface area contributed by atoms with Crippen LogP contribution < -0.4 is 0 Å². The van der Waals surface area contributed by atoms with E-state index in [1.165, 1.54) is 0 Å². The Balaban J connectivity index is 1.51. The van der Waals surface area contributed by atoms with Gasteiger partial charge in [0.2, 0.25) is 0 Å². The predicted molar refractivity (Wildman–Crippen MR) is 148 cm³/mol. The van der Waals surface area contributed by atoms with Crippen LogP contribution in [-0.4, -0.2) is 34.9 Å². The van der Waals surface area contributed by atoms with Crippen LogP contribution in [0.25, 0.3) is 0 Å². The zero-order valence-corrected chi connectivity index (χ0v) is 25.1. The average molecular weight is 568 g/mol. The number of allylic oxidation sites excluding steroid dienone is 4. The topological polar surface area (TPSA) is 72.8 Å². The van der Waals surface area contributed by atoms with Crippen molar-refractivity contribution in [2.75, 3.05) is 6.61 Å². The molecule has 9 atom stereocenters. The van der Waals surface area contributed by atoms with Gasteiger partial charge in [-0.1, -0.05) is 82.7 Å². The minimum absolute atomic E-state index is 0.0318. The molecule has 1 saturated heterocycles. The second-order valence-corrected chi connectivity index (χ2v) is 13.9. The fourth-order valence-corrected chi connectivity index (χ4v) is 10.2. The molecule has 0 aromatic carbocycles. The molecule has 38 heavy (non-hydrogen) atoms. The van der Waals surface area contributed by atoms with Crippen molar-refractivity contribution >= 4 is 34.8 Å². The Morgan fingerprint density at radius 1 is 1.11 bits per heavy atom. The van der Waals surface area contributed by atoms with E-state index >= 15 is 0 Å². The van der Waals surface area contributed by atoms with Crippen LogP contribution in [0.3, 0.4) is 0 Å². The minimum Gasteiger partial charge on any atom is -0.343 e. The van der Waals surface area contributed by atoms with E-state index in [-0.39, 0.29) is 46.9 Å². The molecule has 4 aliphatic carbocycles. The number of carbonyl (C=O) groups excluding carboxylic acids is 2. The number of ketones is 2. The molecule has 212 valence electrons. The molecule has 0 amide bonds. The summed E-state index contributed by atoms with van der Waals surface area (Å²) in [5, 5.41) is 12.5. The van der Waals surface area contributed by atoms with Crippen LogP contribution in [0, 0.1) is 40.4 Å². The molecule has 5 nitrogen and oxygen atoms in total. The standard InChI is InChI=1S/C31H44Cl2O5/c1-6-8-10-19(9-7-2)31(36)37-17-25(35)30(38-31)18(3)15-23-21-12-11-20-16-24(34)26(32)27(33)29(20,5)22(21)13-14-28(23,30)4/h16,18-19,21-23,36H,6-15,17H2,1-5H3/t18-,19?,21-,22+,23+,28+,29+,30+,31?/m1/s1. The van der Waals surface area contributed by atoms with Crippen molar-refractivity contribution in [3.63, 3.8) is 0 Å². The van der Waals surface area contributed by atoms with Gasteiger partial charge in [-0.2, -0.15) is 0 Å². The van der Waals surface area contributed by atoms with Crippen LogP contribution in [0.15, 0.2) is 21.7 Å². The van der Waals surface area contributed by atoms with Gasteiger partial charge in [0, 0.05) is 16.7 Å². The molecule has 0 aromatic heterocycles. The first-order chi connectivity index (χ1) is 17.9. The SMILES string of the molecule is CCCCC(CCC)C1(O)OCC(=O)[C@@]2(O1)[C@H](C)C[C@H]1[C@@H]3CCC4=CC(=O)C(Cl)=C(Cl)[C@]4(C)[C@H]3CC[C@@]12C. The maximum absolute atomic E-state index is 13.9. The monoisotopic (exact) mass is 566 g/mol. The van der Waals surface area contributed by atoms with E-state index in [0.29, 0.717) is 11.0 Å². The molecule has 5 aliphatic rings. The average Bonchev–Trinajstić information content (AvgIpc) is 3.10. The van der Waals surface area contributed by atoms with E-state index in [0.717, 1.165) is 69.8 Å². The lowest BCUT2D eigenvalue weighted by Crippen LogP contribution is -2.68. The normalized spacial score (nSPS) is 45.5. The zero-order valence-electron chi connectivity index (χ0n) is 23.6. The third kappa shape index (κ3) is 3.81. The van der Waals surface area contributed by atoms with Gasteiger partial charge in [-0.25, -0.2) is 0 Å². The van der Waals surface area contributed by atoms with E-state index in [4.69, 9.17) is 32.7 Å². The van der Waals surface area contributed by atoms with Gasteiger partial charge in [-0.3, -0.25) is 9.59 Å². The zero-order chi connectivity index (χ0) is 27.7. The van der Waals surface area contributed by atoms with Crippen LogP contribution in [0.5, 0.6) is 0 Å². The second-order valence-electron chi connectivity index (χ2n) is 13.2. The Bertz CT molecular complexity index is 1070. The molecule has 0 aromatic rings. The molecule has 0 radical (unpaired) electrons. The molecule has 1 aliphatic heterocycles. The van der Waals surface area contributed by atoms with E-state index < -0.39 is 22.4 Å². The van der Waals surface area contributed by atoms with Crippen LogP contribution in [0.1, 0.15) is 98.8 Å². The number of rotatable bonds is 6. The molecule has 7 heteroatoms. The minimum atomic E-state index is -1.75. The summed E-state index contributed by atoms with van der Waals surface area (Å²) in [4.78, 5) is 26.4. The molecule has 1 N–H and O–H groups in total. The summed E-state index contributed by atoms with van der Waals surface area (Å²) in [6.07, 6.45) is 10.5. The highest BCUT2D eigenvalue weighted by Gasteiger charge is 2.73. The lowest BCUT2D eigenvalue weighted by Gasteiger charge is -2.60. The number of carbonyl (C=O) groups is 2. The lowest BCUT2D eigenvalue weighted by atomic mass is 9.47. The molecule has 1 spiro atoms. The Kier molecular flexibility index (Phi) is 7.56. The van der Waals surface area contributed by atoms with E-state index in [1.807, 2.05) is 0 Å². The summed E-state index contributed by atoms with van der Waals surface area (Å²) >= 11 is 13.3. The number of hydrogen-bond donors (Lipinski definition) is 1. The highest BCUT2D eigenvalue weighted by Crippen LogP contribution is 2.71. The predicted octanol–water partition coefficient (Wildman–Crippen LogP) is 7.28. The Hall–Kier alpha value is -0.720.